The molecule has 4 rings (SSSR count). The summed E-state index contributed by atoms with van der Waals surface area (Å²) in [5.74, 6) is -0.279. The van der Waals surface area contributed by atoms with E-state index in [2.05, 4.69) is 4.98 Å². The van der Waals surface area contributed by atoms with Crippen molar-refractivity contribution in [1.82, 2.24) is 9.97 Å². The van der Waals surface area contributed by atoms with Gasteiger partial charge in [-0.2, -0.15) is 0 Å². The lowest BCUT2D eigenvalue weighted by Crippen LogP contribution is -2.30. The molecule has 0 atom stereocenters. The number of nitrogens with zero attached hydrogens (tertiary/aromatic N) is 3. The number of hydrogen-bond acceptors (Lipinski definition) is 6. The summed E-state index contributed by atoms with van der Waals surface area (Å²) >= 11 is 7.59. The predicted octanol–water partition coefficient (Wildman–Crippen LogP) is 5.29. The van der Waals surface area contributed by atoms with Crippen molar-refractivity contribution in [1.29, 1.82) is 0 Å². The minimum absolute atomic E-state index is 0.00103. The van der Waals surface area contributed by atoms with E-state index in [4.69, 9.17) is 16.6 Å². The van der Waals surface area contributed by atoms with Crippen molar-refractivity contribution in [2.75, 3.05) is 10.7 Å². The molecule has 0 spiro atoms. The predicted molar refractivity (Wildman–Crippen MR) is 128 cm³/mol. The smallest absolute Gasteiger partial charge is 0.260 e. The zero-order chi connectivity index (χ0) is 22.9. The van der Waals surface area contributed by atoms with Crippen molar-refractivity contribution < 1.29 is 13.2 Å². The Labute approximate surface area is 195 Å². The standard InChI is InChI=1S/C23H20ClN3O3S2/c1-3-32(29,30)19-8-6-17(7-9-19)22(28)27(14-16-5-4-10-25-13-16)23-26-21-15(2)11-18(24)12-20(21)31-23/h4-13H,3,14H2,1-2H3. The highest BCUT2D eigenvalue weighted by atomic mass is 35.5. The molecule has 6 nitrogen and oxygen atoms in total. The Balaban J connectivity index is 1.76. The highest BCUT2D eigenvalue weighted by Gasteiger charge is 2.23. The van der Waals surface area contributed by atoms with Gasteiger partial charge in [-0.15, -0.1) is 0 Å². The number of thiazole rings is 1. The number of benzene rings is 2. The molecule has 0 N–H and O–H groups in total. The summed E-state index contributed by atoms with van der Waals surface area (Å²) in [5.41, 5.74) is 2.94. The third kappa shape index (κ3) is 4.53. The van der Waals surface area contributed by atoms with Gasteiger partial charge in [0.15, 0.2) is 15.0 Å². The Morgan fingerprint density at radius 2 is 1.91 bits per heavy atom. The van der Waals surface area contributed by atoms with E-state index in [0.717, 1.165) is 21.3 Å². The first kappa shape index (κ1) is 22.4. The van der Waals surface area contributed by atoms with Crippen molar-refractivity contribution >= 4 is 54.0 Å². The molecule has 2 aromatic heterocycles. The number of halogens is 1. The number of hydrogen-bond donors (Lipinski definition) is 0. The van der Waals surface area contributed by atoms with Crippen molar-refractivity contribution in [3.05, 3.63) is 82.6 Å². The summed E-state index contributed by atoms with van der Waals surface area (Å²) in [6.07, 6.45) is 3.37. The van der Waals surface area contributed by atoms with Crippen LogP contribution in [0, 0.1) is 6.92 Å². The maximum absolute atomic E-state index is 13.5. The zero-order valence-electron chi connectivity index (χ0n) is 17.4. The fourth-order valence-corrected chi connectivity index (χ4v) is 5.59. The maximum Gasteiger partial charge on any atom is 0.260 e. The summed E-state index contributed by atoms with van der Waals surface area (Å²) in [6.45, 7) is 3.79. The molecule has 0 aliphatic rings. The van der Waals surface area contributed by atoms with Gasteiger partial charge in [0.1, 0.15) is 0 Å². The van der Waals surface area contributed by atoms with Crippen LogP contribution in [0.3, 0.4) is 0 Å². The summed E-state index contributed by atoms with van der Waals surface area (Å²) in [5, 5.41) is 1.15. The number of sulfone groups is 1. The quantitative estimate of drug-likeness (QED) is 0.370. The van der Waals surface area contributed by atoms with E-state index in [1.54, 1.807) is 24.2 Å². The second-order valence-corrected chi connectivity index (χ2v) is 11.0. The van der Waals surface area contributed by atoms with Gasteiger partial charge in [-0.1, -0.05) is 35.9 Å². The highest BCUT2D eigenvalue weighted by molar-refractivity contribution is 7.91. The summed E-state index contributed by atoms with van der Waals surface area (Å²) < 4.78 is 25.1. The van der Waals surface area contributed by atoms with Gasteiger partial charge < -0.3 is 0 Å². The Bertz CT molecular complexity index is 1390. The second kappa shape index (κ2) is 8.97. The Morgan fingerprint density at radius 3 is 2.56 bits per heavy atom. The summed E-state index contributed by atoms with van der Waals surface area (Å²) in [6, 6.07) is 13.4. The molecular formula is C23H20ClN3O3S2. The number of pyridine rings is 1. The van der Waals surface area contributed by atoms with Crippen LogP contribution in [-0.2, 0) is 16.4 Å². The number of anilines is 1. The van der Waals surface area contributed by atoms with E-state index in [-0.39, 0.29) is 23.1 Å². The Hall–Kier alpha value is -2.81. The third-order valence-electron chi connectivity index (χ3n) is 5.02. The van der Waals surface area contributed by atoms with Gasteiger partial charge in [0.25, 0.3) is 5.91 Å². The number of aryl methyl sites for hydroxylation is 1. The SMILES string of the molecule is CCS(=O)(=O)c1ccc(C(=O)N(Cc2cccnc2)c2nc3c(C)cc(Cl)cc3s2)cc1. The largest absolute Gasteiger partial charge is 0.279 e. The molecule has 9 heteroatoms. The van der Waals surface area contributed by atoms with Crippen molar-refractivity contribution in [3.8, 4) is 0 Å². The monoisotopic (exact) mass is 485 g/mol. The van der Waals surface area contributed by atoms with Crippen molar-refractivity contribution in [2.24, 2.45) is 0 Å². The minimum Gasteiger partial charge on any atom is -0.279 e. The van der Waals surface area contributed by atoms with Crippen molar-refractivity contribution in [2.45, 2.75) is 25.3 Å². The Kier molecular flexibility index (Phi) is 6.28. The van der Waals surface area contributed by atoms with Crippen LogP contribution in [-0.4, -0.2) is 30.0 Å². The number of fused-ring (bicyclic) bond motifs is 1. The van der Waals surface area contributed by atoms with Gasteiger partial charge in [0, 0.05) is 23.0 Å². The van der Waals surface area contributed by atoms with Gasteiger partial charge in [0.2, 0.25) is 0 Å². The van der Waals surface area contributed by atoms with Gasteiger partial charge >= 0.3 is 0 Å². The molecule has 4 aromatic rings. The summed E-state index contributed by atoms with van der Waals surface area (Å²) in [4.78, 5) is 24.1. The average molecular weight is 486 g/mol. The fraction of sp³-hybridized carbons (Fsp3) is 0.174. The van der Waals surface area contributed by atoms with E-state index in [1.165, 1.54) is 35.6 Å². The minimum atomic E-state index is -3.34. The van der Waals surface area contributed by atoms with Crippen LogP contribution in [0.25, 0.3) is 10.2 Å². The van der Waals surface area contributed by atoms with Crippen LogP contribution >= 0.6 is 22.9 Å². The molecule has 164 valence electrons. The van der Waals surface area contributed by atoms with E-state index in [9.17, 15) is 13.2 Å². The molecule has 2 heterocycles. The molecule has 0 fully saturated rings. The molecule has 32 heavy (non-hydrogen) atoms. The van der Waals surface area contributed by atoms with Crippen LogP contribution in [0.2, 0.25) is 5.02 Å². The molecule has 0 aliphatic carbocycles. The number of carbonyl (C=O) groups excluding carboxylic acids is 1. The Morgan fingerprint density at radius 1 is 1.16 bits per heavy atom. The number of aromatic nitrogens is 2. The highest BCUT2D eigenvalue weighted by Crippen LogP contribution is 2.34. The van der Waals surface area contributed by atoms with E-state index in [1.807, 2.05) is 31.2 Å². The molecule has 1 amide bonds. The molecular weight excluding hydrogens is 466 g/mol. The van der Waals surface area contributed by atoms with Crippen molar-refractivity contribution in [3.63, 3.8) is 0 Å². The fourth-order valence-electron chi connectivity index (χ4n) is 3.29. The first-order valence-electron chi connectivity index (χ1n) is 9.89. The second-order valence-electron chi connectivity index (χ2n) is 7.25. The lowest BCUT2D eigenvalue weighted by molar-refractivity contribution is 0.0985. The van der Waals surface area contributed by atoms with Gasteiger partial charge in [-0.05, 0) is 60.5 Å². The van der Waals surface area contributed by atoms with Crippen LogP contribution < -0.4 is 4.90 Å². The van der Waals surface area contributed by atoms with Crippen LogP contribution in [0.1, 0.15) is 28.4 Å². The number of amides is 1. The average Bonchev–Trinajstić information content (AvgIpc) is 3.22. The molecule has 0 unspecified atom stereocenters. The molecule has 0 saturated heterocycles. The lowest BCUT2D eigenvalue weighted by Gasteiger charge is -2.20. The van der Waals surface area contributed by atoms with E-state index >= 15 is 0 Å². The van der Waals surface area contributed by atoms with Gasteiger partial charge in [0.05, 0.1) is 27.4 Å². The normalized spacial score (nSPS) is 11.6. The van der Waals surface area contributed by atoms with E-state index < -0.39 is 9.84 Å². The van der Waals surface area contributed by atoms with E-state index in [0.29, 0.717) is 15.7 Å². The number of carbonyl (C=O) groups is 1. The van der Waals surface area contributed by atoms with Crippen LogP contribution in [0.5, 0.6) is 0 Å². The van der Waals surface area contributed by atoms with Crippen LogP contribution in [0.15, 0.2) is 65.8 Å². The first-order valence-corrected chi connectivity index (χ1v) is 12.7. The maximum atomic E-state index is 13.5. The number of rotatable bonds is 6. The topological polar surface area (TPSA) is 80.2 Å². The molecule has 0 radical (unpaired) electrons. The molecule has 0 bridgehead atoms. The van der Waals surface area contributed by atoms with Crippen LogP contribution in [0.4, 0.5) is 5.13 Å². The molecule has 0 saturated carbocycles. The molecule has 2 aromatic carbocycles. The zero-order valence-corrected chi connectivity index (χ0v) is 19.8. The van der Waals surface area contributed by atoms with Gasteiger partial charge in [-0.3, -0.25) is 14.7 Å². The third-order valence-corrected chi connectivity index (χ3v) is 8.01. The summed E-state index contributed by atoms with van der Waals surface area (Å²) in [7, 11) is -3.34. The lowest BCUT2D eigenvalue weighted by atomic mass is 10.2. The first-order chi connectivity index (χ1) is 15.3. The molecule has 0 aliphatic heterocycles. The van der Waals surface area contributed by atoms with Gasteiger partial charge in [-0.25, -0.2) is 13.4 Å².